The fourth-order valence-electron chi connectivity index (χ4n) is 2.04. The van der Waals surface area contributed by atoms with E-state index in [2.05, 4.69) is 5.10 Å². The molecule has 0 N–H and O–H groups in total. The van der Waals surface area contributed by atoms with Crippen LogP contribution in [0.3, 0.4) is 0 Å². The van der Waals surface area contributed by atoms with Gasteiger partial charge in [0.15, 0.2) is 0 Å². The minimum Gasteiger partial charge on any atom is -0.349 e. The standard InChI is InChI=1S/C15H19N3O2/c1-17(2)14(19)8-9-15(20)18-11-10-13(16-18)12-6-4-3-5-7-12/h3-7H,8-11H2,1-2H3. The molecule has 0 spiro atoms. The molecule has 5 nitrogen and oxygen atoms in total. The molecule has 2 amide bonds. The molecule has 1 heterocycles. The second-order valence-corrected chi connectivity index (χ2v) is 4.97. The first-order valence-electron chi connectivity index (χ1n) is 6.71. The second-order valence-electron chi connectivity index (χ2n) is 4.97. The molecule has 0 aromatic heterocycles. The Kier molecular flexibility index (Phi) is 4.50. The lowest BCUT2D eigenvalue weighted by Crippen LogP contribution is -2.27. The van der Waals surface area contributed by atoms with E-state index in [9.17, 15) is 9.59 Å². The molecule has 2 rings (SSSR count). The smallest absolute Gasteiger partial charge is 0.243 e. The topological polar surface area (TPSA) is 53.0 Å². The third-order valence-electron chi connectivity index (χ3n) is 3.25. The van der Waals surface area contributed by atoms with E-state index >= 15 is 0 Å². The molecular formula is C15H19N3O2. The number of amides is 2. The summed E-state index contributed by atoms with van der Waals surface area (Å²) in [5.74, 6) is -0.129. The minimum absolute atomic E-state index is 0.0372. The Hall–Kier alpha value is -2.17. The molecule has 0 aliphatic carbocycles. The van der Waals surface area contributed by atoms with Crippen molar-refractivity contribution >= 4 is 17.5 Å². The first-order chi connectivity index (χ1) is 9.58. The molecule has 5 heteroatoms. The predicted octanol–water partition coefficient (Wildman–Crippen LogP) is 1.49. The maximum atomic E-state index is 12.0. The number of benzene rings is 1. The average molecular weight is 273 g/mol. The minimum atomic E-state index is -0.0915. The third-order valence-corrected chi connectivity index (χ3v) is 3.25. The highest BCUT2D eigenvalue weighted by Gasteiger charge is 2.21. The van der Waals surface area contributed by atoms with Gasteiger partial charge >= 0.3 is 0 Å². The van der Waals surface area contributed by atoms with Crippen molar-refractivity contribution in [3.8, 4) is 0 Å². The Morgan fingerprint density at radius 3 is 2.55 bits per heavy atom. The zero-order chi connectivity index (χ0) is 14.5. The van der Waals surface area contributed by atoms with Crippen molar-refractivity contribution in [2.45, 2.75) is 19.3 Å². The van der Waals surface area contributed by atoms with Gasteiger partial charge < -0.3 is 4.90 Å². The SMILES string of the molecule is CN(C)C(=O)CCC(=O)N1CCC(c2ccccc2)=N1. The van der Waals surface area contributed by atoms with Crippen LogP contribution in [0.15, 0.2) is 35.4 Å². The van der Waals surface area contributed by atoms with Gasteiger partial charge in [-0.3, -0.25) is 9.59 Å². The molecular weight excluding hydrogens is 254 g/mol. The van der Waals surface area contributed by atoms with E-state index in [-0.39, 0.29) is 24.7 Å². The van der Waals surface area contributed by atoms with Crippen molar-refractivity contribution in [1.82, 2.24) is 9.91 Å². The highest BCUT2D eigenvalue weighted by molar-refractivity contribution is 6.02. The fraction of sp³-hybridized carbons (Fsp3) is 0.400. The van der Waals surface area contributed by atoms with Crippen molar-refractivity contribution in [3.63, 3.8) is 0 Å². The van der Waals surface area contributed by atoms with Gasteiger partial charge in [0.2, 0.25) is 11.8 Å². The molecule has 0 saturated heterocycles. The Morgan fingerprint density at radius 2 is 1.90 bits per heavy atom. The summed E-state index contributed by atoms with van der Waals surface area (Å²) < 4.78 is 0. The zero-order valence-electron chi connectivity index (χ0n) is 11.9. The fourth-order valence-corrected chi connectivity index (χ4v) is 2.04. The molecule has 1 aliphatic rings. The Bertz CT molecular complexity index is 523. The summed E-state index contributed by atoms with van der Waals surface area (Å²) in [6.45, 7) is 0.596. The van der Waals surface area contributed by atoms with Crippen LogP contribution in [0.25, 0.3) is 0 Å². The van der Waals surface area contributed by atoms with E-state index in [4.69, 9.17) is 0 Å². The number of carbonyl (C=O) groups is 2. The van der Waals surface area contributed by atoms with Crippen molar-refractivity contribution in [2.24, 2.45) is 5.10 Å². The first-order valence-corrected chi connectivity index (χ1v) is 6.71. The first kappa shape index (κ1) is 14.2. The summed E-state index contributed by atoms with van der Waals surface area (Å²) in [5, 5.41) is 5.83. The summed E-state index contributed by atoms with van der Waals surface area (Å²) in [7, 11) is 3.38. The summed E-state index contributed by atoms with van der Waals surface area (Å²) >= 11 is 0. The number of hydrogen-bond acceptors (Lipinski definition) is 3. The van der Waals surface area contributed by atoms with Gasteiger partial charge in [-0.15, -0.1) is 0 Å². The largest absolute Gasteiger partial charge is 0.349 e. The Morgan fingerprint density at radius 1 is 1.20 bits per heavy atom. The number of hydrogen-bond donors (Lipinski definition) is 0. The van der Waals surface area contributed by atoms with Gasteiger partial charge in [0.25, 0.3) is 0 Å². The number of hydrazone groups is 1. The van der Waals surface area contributed by atoms with E-state index in [1.165, 1.54) is 9.91 Å². The highest BCUT2D eigenvalue weighted by atomic mass is 16.2. The number of carbonyl (C=O) groups excluding carboxylic acids is 2. The van der Waals surface area contributed by atoms with Crippen LogP contribution in [0.2, 0.25) is 0 Å². The van der Waals surface area contributed by atoms with Gasteiger partial charge in [0.1, 0.15) is 0 Å². The van der Waals surface area contributed by atoms with Crippen LogP contribution in [-0.2, 0) is 9.59 Å². The molecule has 1 aliphatic heterocycles. The molecule has 0 saturated carbocycles. The van der Waals surface area contributed by atoms with Crippen molar-refractivity contribution in [1.29, 1.82) is 0 Å². The van der Waals surface area contributed by atoms with Crippen LogP contribution < -0.4 is 0 Å². The van der Waals surface area contributed by atoms with Crippen molar-refractivity contribution < 1.29 is 9.59 Å². The van der Waals surface area contributed by atoms with E-state index in [1.807, 2.05) is 30.3 Å². The average Bonchev–Trinajstić information content (AvgIpc) is 2.95. The van der Waals surface area contributed by atoms with Crippen molar-refractivity contribution in [2.75, 3.05) is 20.6 Å². The molecule has 0 fully saturated rings. The normalized spacial score (nSPS) is 14.1. The Labute approximate surface area is 118 Å². The van der Waals surface area contributed by atoms with Crippen LogP contribution >= 0.6 is 0 Å². The number of nitrogens with zero attached hydrogens (tertiary/aromatic N) is 3. The summed E-state index contributed by atoms with van der Waals surface area (Å²) in [6, 6.07) is 9.84. The predicted molar refractivity (Wildman–Crippen MR) is 77.2 cm³/mol. The second kappa shape index (κ2) is 6.32. The van der Waals surface area contributed by atoms with Crippen LogP contribution in [-0.4, -0.2) is 48.1 Å². The van der Waals surface area contributed by atoms with Crippen LogP contribution in [0.4, 0.5) is 0 Å². The molecule has 1 aromatic carbocycles. The van der Waals surface area contributed by atoms with Gasteiger partial charge in [-0.1, -0.05) is 30.3 Å². The molecule has 0 atom stereocenters. The lowest BCUT2D eigenvalue weighted by molar-refractivity contribution is -0.135. The lowest BCUT2D eigenvalue weighted by atomic mass is 10.1. The maximum Gasteiger partial charge on any atom is 0.243 e. The monoisotopic (exact) mass is 273 g/mol. The van der Waals surface area contributed by atoms with Gasteiger partial charge in [0, 0.05) is 33.4 Å². The summed E-state index contributed by atoms with van der Waals surface area (Å²) in [4.78, 5) is 25.0. The zero-order valence-corrected chi connectivity index (χ0v) is 11.9. The highest BCUT2D eigenvalue weighted by Crippen LogP contribution is 2.15. The molecule has 1 aromatic rings. The quantitative estimate of drug-likeness (QED) is 0.834. The maximum absolute atomic E-state index is 12.0. The number of rotatable bonds is 4. The van der Waals surface area contributed by atoms with Crippen LogP contribution in [0, 0.1) is 0 Å². The summed E-state index contributed by atoms with van der Waals surface area (Å²) in [6.07, 6.45) is 1.21. The molecule has 0 radical (unpaired) electrons. The Balaban J connectivity index is 1.93. The van der Waals surface area contributed by atoms with Crippen molar-refractivity contribution in [3.05, 3.63) is 35.9 Å². The molecule has 0 unspecified atom stereocenters. The third kappa shape index (κ3) is 3.44. The van der Waals surface area contributed by atoms with Gasteiger partial charge in [-0.2, -0.15) is 5.10 Å². The van der Waals surface area contributed by atoms with Gasteiger partial charge in [-0.05, 0) is 5.56 Å². The van der Waals surface area contributed by atoms with E-state index in [1.54, 1.807) is 14.1 Å². The molecule has 0 bridgehead atoms. The lowest BCUT2D eigenvalue weighted by Gasteiger charge is -2.13. The van der Waals surface area contributed by atoms with E-state index in [0.717, 1.165) is 17.7 Å². The summed E-state index contributed by atoms with van der Waals surface area (Å²) in [5.41, 5.74) is 1.98. The van der Waals surface area contributed by atoms with Crippen LogP contribution in [0.5, 0.6) is 0 Å². The molecule has 106 valence electrons. The van der Waals surface area contributed by atoms with Crippen LogP contribution in [0.1, 0.15) is 24.8 Å². The van der Waals surface area contributed by atoms with Gasteiger partial charge in [0.05, 0.1) is 12.3 Å². The van der Waals surface area contributed by atoms with E-state index in [0.29, 0.717) is 6.54 Å². The van der Waals surface area contributed by atoms with Gasteiger partial charge in [-0.25, -0.2) is 5.01 Å². The molecule has 20 heavy (non-hydrogen) atoms. The van der Waals surface area contributed by atoms with E-state index < -0.39 is 0 Å².